The zero-order valence-corrected chi connectivity index (χ0v) is 27.3. The molecule has 5 amide bonds. The van der Waals surface area contributed by atoms with Gasteiger partial charge in [0.25, 0.3) is 11.7 Å². The molecule has 24 heteroatoms. The minimum atomic E-state index is -2.09. The molecule has 0 spiro atoms. The fraction of sp³-hybridized carbons (Fsp3) is 0.360. The van der Waals surface area contributed by atoms with Gasteiger partial charge in [-0.1, -0.05) is 28.5 Å². The fourth-order valence-electron chi connectivity index (χ4n) is 4.73. The molecule has 3 fully saturated rings. The molecule has 1 aromatic carbocycles. The lowest BCUT2D eigenvalue weighted by molar-refractivity contribution is -0.161. The highest BCUT2D eigenvalue weighted by atomic mass is 35.5. The molecule has 3 aliphatic heterocycles. The van der Waals surface area contributed by atoms with Crippen LogP contribution < -0.4 is 16.5 Å². The number of amides is 5. The second-order valence-corrected chi connectivity index (χ2v) is 13.5. The molecule has 0 saturated carbocycles. The Morgan fingerprint density at radius 1 is 1.14 bits per heavy atom. The summed E-state index contributed by atoms with van der Waals surface area (Å²) in [4.78, 5) is 98.0. The molecule has 8 N–H and O–H groups in total. The number of hydrogen-bond donors (Lipinski definition) is 7. The smallest absolute Gasteiger partial charge is 0.350 e. The van der Waals surface area contributed by atoms with Crippen molar-refractivity contribution >= 4 is 87.2 Å². The number of thioether (sulfide) groups is 1. The number of ketones is 1. The molecule has 260 valence electrons. The van der Waals surface area contributed by atoms with Crippen molar-refractivity contribution in [1.82, 2.24) is 34.9 Å². The van der Waals surface area contributed by atoms with Crippen LogP contribution in [-0.2, 0) is 28.8 Å². The summed E-state index contributed by atoms with van der Waals surface area (Å²) in [5.74, 6) is -9.21. The number of halogens is 1. The van der Waals surface area contributed by atoms with Gasteiger partial charge in [-0.25, -0.2) is 19.4 Å². The summed E-state index contributed by atoms with van der Waals surface area (Å²) in [6.07, 6.45) is 0. The van der Waals surface area contributed by atoms with Crippen LogP contribution in [0.4, 0.5) is 9.93 Å². The number of nitrogens with two attached hydrogens (primary N) is 1. The summed E-state index contributed by atoms with van der Waals surface area (Å²) in [6.45, 7) is 1.25. The lowest BCUT2D eigenvalue weighted by Crippen LogP contribution is -2.68. The van der Waals surface area contributed by atoms with E-state index in [1.54, 1.807) is 0 Å². The Bertz CT molecular complexity index is 1850. The van der Waals surface area contributed by atoms with E-state index >= 15 is 0 Å². The number of β-lactam (4-membered cyclic amide) rings is 1. The molecule has 21 nitrogen and oxygen atoms in total. The number of rotatable bonds is 11. The fourth-order valence-corrected chi connectivity index (χ4v) is 7.05. The van der Waals surface area contributed by atoms with Gasteiger partial charge < -0.3 is 41.2 Å². The summed E-state index contributed by atoms with van der Waals surface area (Å²) < 4.78 is 3.87. The number of urea groups is 1. The van der Waals surface area contributed by atoms with E-state index in [-0.39, 0.29) is 24.0 Å². The number of aromatic nitrogens is 2. The number of oxime groups is 1. The SMILES string of the molecule is CC(C)(O/N=C(\C(=O)N[C@@H]1C(=O)N2C[C@@](C(=O)O)(N3CCN(NC(=O)C(=O)c4ccc(O)c(O)c4Cl)C3=O)S[C@H]12)c1nsc(N)n1)C(=O)O. The molecular weight excluding hydrogens is 718 g/mol. The third kappa shape index (κ3) is 6.06. The third-order valence-electron chi connectivity index (χ3n) is 7.44. The predicted molar refractivity (Wildman–Crippen MR) is 165 cm³/mol. The number of phenols is 2. The highest BCUT2D eigenvalue weighted by Crippen LogP contribution is 2.49. The quantitative estimate of drug-likeness (QED) is 0.0348. The topological polar surface area (TPSA) is 308 Å². The number of fused-ring (bicyclic) bond motifs is 1. The lowest BCUT2D eigenvalue weighted by Gasteiger charge is -2.41. The van der Waals surface area contributed by atoms with Crippen molar-refractivity contribution in [2.45, 2.75) is 35.7 Å². The van der Waals surface area contributed by atoms with E-state index < -0.39 is 97.7 Å². The number of aromatic hydroxyl groups is 2. The zero-order valence-electron chi connectivity index (χ0n) is 24.9. The van der Waals surface area contributed by atoms with Crippen molar-refractivity contribution < 1.29 is 58.8 Å². The number of aliphatic carboxylic acids is 2. The Balaban J connectivity index is 1.30. The normalized spacial score (nSPS) is 22.0. The Kier molecular flexibility index (Phi) is 8.94. The van der Waals surface area contributed by atoms with Crippen LogP contribution in [0.2, 0.25) is 5.02 Å². The molecular formula is C25H24ClN9O12S2. The molecule has 1 aromatic heterocycles. The molecule has 0 bridgehead atoms. The number of carboxylic acid groups (broad SMARTS) is 2. The van der Waals surface area contributed by atoms with Crippen LogP contribution in [0.25, 0.3) is 0 Å². The number of nitrogen functional groups attached to an aromatic ring is 1. The van der Waals surface area contributed by atoms with Crippen LogP contribution in [0.1, 0.15) is 30.0 Å². The molecule has 0 aliphatic carbocycles. The van der Waals surface area contributed by atoms with E-state index in [4.69, 9.17) is 22.2 Å². The maximum Gasteiger partial charge on any atom is 0.350 e. The first-order valence-corrected chi connectivity index (χ1v) is 15.7. The van der Waals surface area contributed by atoms with Crippen molar-refractivity contribution in [1.29, 1.82) is 0 Å². The van der Waals surface area contributed by atoms with Gasteiger partial charge in [0.1, 0.15) is 11.4 Å². The minimum Gasteiger partial charge on any atom is -0.504 e. The summed E-state index contributed by atoms with van der Waals surface area (Å²) in [5, 5.41) is 43.9. The molecule has 4 heterocycles. The molecule has 0 unspecified atom stereocenters. The Morgan fingerprint density at radius 2 is 1.84 bits per heavy atom. The zero-order chi connectivity index (χ0) is 36.2. The summed E-state index contributed by atoms with van der Waals surface area (Å²) in [6, 6.07) is -0.480. The number of hydrazine groups is 1. The van der Waals surface area contributed by atoms with Gasteiger partial charge in [-0.05, 0) is 26.0 Å². The van der Waals surface area contributed by atoms with Gasteiger partial charge in [-0.3, -0.25) is 29.5 Å². The second-order valence-electron chi connectivity index (χ2n) is 11.0. The minimum absolute atomic E-state index is 0.0650. The summed E-state index contributed by atoms with van der Waals surface area (Å²) >= 11 is 7.21. The number of nitrogens with one attached hydrogen (secondary N) is 2. The van der Waals surface area contributed by atoms with E-state index in [1.807, 2.05) is 0 Å². The highest BCUT2D eigenvalue weighted by Gasteiger charge is 2.66. The van der Waals surface area contributed by atoms with Crippen LogP contribution in [0.15, 0.2) is 17.3 Å². The average molecular weight is 742 g/mol. The Labute approximate surface area is 286 Å². The summed E-state index contributed by atoms with van der Waals surface area (Å²) in [5.41, 5.74) is 4.68. The van der Waals surface area contributed by atoms with E-state index in [1.165, 1.54) is 0 Å². The van der Waals surface area contributed by atoms with Crippen LogP contribution in [-0.4, -0.2) is 133 Å². The first-order valence-electron chi connectivity index (χ1n) is 13.7. The molecule has 2 aromatic rings. The summed E-state index contributed by atoms with van der Waals surface area (Å²) in [7, 11) is 0. The number of anilines is 1. The standard InChI is InChI=1S/C25H24ClN9O12S2/c1-24(2,20(42)43)47-31-11(15-29-22(27)49-32-15)16(39)28-12-18(41)33-7-25(21(44)45,48-19(12)33)34-5-6-35(23(34)46)30-17(40)13(37)8-3-4-9(36)14(38)10(8)26/h3-4,12,19,36,38H,5-7H2,1-2H3,(H,28,39)(H,30,40)(H,42,43)(H,44,45)(H2,27,29,32)/b31-11-/t12-,19-,25-/m1/s1. The molecule has 3 atom stereocenters. The largest absolute Gasteiger partial charge is 0.504 e. The van der Waals surface area contributed by atoms with E-state index in [2.05, 4.69) is 25.3 Å². The Morgan fingerprint density at radius 3 is 2.45 bits per heavy atom. The molecule has 3 saturated heterocycles. The first kappa shape index (κ1) is 34.9. The number of carboxylic acids is 2. The van der Waals surface area contributed by atoms with Crippen molar-refractivity contribution in [3.63, 3.8) is 0 Å². The van der Waals surface area contributed by atoms with E-state index in [0.717, 1.165) is 35.8 Å². The van der Waals surface area contributed by atoms with Gasteiger partial charge >= 0.3 is 23.9 Å². The van der Waals surface area contributed by atoms with Crippen LogP contribution in [0, 0.1) is 0 Å². The average Bonchev–Trinajstić information content (AvgIpc) is 3.74. The monoisotopic (exact) mass is 741 g/mol. The van der Waals surface area contributed by atoms with Crippen molar-refractivity contribution in [3.8, 4) is 11.5 Å². The van der Waals surface area contributed by atoms with E-state index in [9.17, 15) is 54.0 Å². The number of benzene rings is 1. The second kappa shape index (κ2) is 12.6. The van der Waals surface area contributed by atoms with Crippen molar-refractivity contribution in [3.05, 3.63) is 28.5 Å². The van der Waals surface area contributed by atoms with Crippen LogP contribution in [0.5, 0.6) is 11.5 Å². The molecule has 5 rings (SSSR count). The molecule has 49 heavy (non-hydrogen) atoms. The van der Waals surface area contributed by atoms with Gasteiger partial charge in [-0.2, -0.15) is 9.36 Å². The number of phenolic OH excluding ortho intramolecular Hbond substituents is 2. The van der Waals surface area contributed by atoms with Gasteiger partial charge in [-0.15, -0.1) is 0 Å². The van der Waals surface area contributed by atoms with Gasteiger partial charge in [0.15, 0.2) is 16.6 Å². The van der Waals surface area contributed by atoms with Crippen LogP contribution >= 0.6 is 34.9 Å². The number of hydrogen-bond acceptors (Lipinski definition) is 16. The van der Waals surface area contributed by atoms with Crippen LogP contribution in [0.3, 0.4) is 0 Å². The maximum atomic E-state index is 13.4. The maximum absolute atomic E-state index is 13.4. The highest BCUT2D eigenvalue weighted by molar-refractivity contribution is 8.02. The lowest BCUT2D eigenvalue weighted by atomic mass is 10.1. The third-order valence-corrected chi connectivity index (χ3v) is 10.0. The predicted octanol–water partition coefficient (Wildman–Crippen LogP) is -1.40. The number of Topliss-reactive ketones (excluding diaryl/α,β-unsaturated/α-hetero) is 1. The first-order chi connectivity index (χ1) is 22.9. The van der Waals surface area contributed by atoms with E-state index in [0.29, 0.717) is 28.3 Å². The Hall–Kier alpha value is -5.42. The van der Waals surface area contributed by atoms with Crippen molar-refractivity contribution in [2.75, 3.05) is 25.4 Å². The van der Waals surface area contributed by atoms with Gasteiger partial charge in [0.05, 0.1) is 23.7 Å². The number of carbonyl (C=O) groups excluding carboxylic acids is 5. The van der Waals surface area contributed by atoms with Gasteiger partial charge in [0.2, 0.25) is 27.9 Å². The number of carbonyl (C=O) groups is 7. The molecule has 3 aliphatic rings. The van der Waals surface area contributed by atoms with Crippen molar-refractivity contribution in [2.24, 2.45) is 5.16 Å². The number of nitrogens with zero attached hydrogens (tertiary/aromatic N) is 6. The molecule has 0 radical (unpaired) electrons. The van der Waals surface area contributed by atoms with Gasteiger partial charge in [0, 0.05) is 18.1 Å².